The average Bonchev–Trinajstić information content (AvgIpc) is 3.32. The number of nitrogens with two attached hydrogens (primary N) is 2. The number of anilines is 1. The maximum Gasteiger partial charge on any atom is 0.254 e. The number of likely N-dealkylation sites (tertiary alicyclic amines) is 1. The Kier molecular flexibility index (Phi) is 5.56. The molecule has 2 heterocycles. The summed E-state index contributed by atoms with van der Waals surface area (Å²) in [4.78, 5) is 26.2. The molecule has 2 aliphatic rings. The molecule has 1 aromatic heterocycles. The van der Waals surface area contributed by atoms with E-state index in [1.807, 2.05) is 12.1 Å². The van der Waals surface area contributed by atoms with Gasteiger partial charge in [-0.1, -0.05) is 30.3 Å². The SMILES string of the molecule is C=CC(=O)N1CCC[C@H]1Cn1nc([C@H]2CCc3c(Cl)cccc3C2)c(C(N)=O)c1N. The Bertz CT molecular complexity index is 1020. The van der Waals surface area contributed by atoms with Gasteiger partial charge in [0.25, 0.3) is 5.91 Å². The molecule has 7 nitrogen and oxygen atoms in total. The molecule has 158 valence electrons. The van der Waals surface area contributed by atoms with Gasteiger partial charge in [0, 0.05) is 17.5 Å². The number of hydrogen-bond donors (Lipinski definition) is 2. The number of carbonyl (C=O) groups excluding carboxylic acids is 2. The third-order valence-corrected chi connectivity index (χ3v) is 6.65. The number of amides is 2. The van der Waals surface area contributed by atoms with Gasteiger partial charge in [0.1, 0.15) is 11.4 Å². The van der Waals surface area contributed by atoms with Crippen molar-refractivity contribution in [3.05, 3.63) is 58.3 Å². The van der Waals surface area contributed by atoms with Crippen LogP contribution in [0, 0.1) is 0 Å². The molecule has 0 radical (unpaired) electrons. The van der Waals surface area contributed by atoms with Crippen LogP contribution >= 0.6 is 11.6 Å². The fourth-order valence-electron chi connectivity index (χ4n) is 4.80. The van der Waals surface area contributed by atoms with E-state index in [-0.39, 0.29) is 23.7 Å². The lowest BCUT2D eigenvalue weighted by Crippen LogP contribution is -2.37. The van der Waals surface area contributed by atoms with E-state index in [0.717, 1.165) is 42.7 Å². The first kappa shape index (κ1) is 20.5. The van der Waals surface area contributed by atoms with Crippen molar-refractivity contribution < 1.29 is 9.59 Å². The lowest BCUT2D eigenvalue weighted by atomic mass is 9.81. The highest BCUT2D eigenvalue weighted by Crippen LogP contribution is 2.37. The smallest absolute Gasteiger partial charge is 0.254 e. The Morgan fingerprint density at radius 2 is 2.13 bits per heavy atom. The predicted molar refractivity (Wildman–Crippen MR) is 116 cm³/mol. The molecule has 0 bridgehead atoms. The van der Waals surface area contributed by atoms with Crippen LogP contribution in [0.15, 0.2) is 30.9 Å². The predicted octanol–water partition coefficient (Wildman–Crippen LogP) is 2.67. The summed E-state index contributed by atoms with van der Waals surface area (Å²) in [5, 5.41) is 5.50. The number of halogens is 1. The van der Waals surface area contributed by atoms with Crippen molar-refractivity contribution in [2.75, 3.05) is 12.3 Å². The Morgan fingerprint density at radius 1 is 1.33 bits per heavy atom. The fourth-order valence-corrected chi connectivity index (χ4v) is 5.09. The normalized spacial score (nSPS) is 20.8. The molecule has 0 unspecified atom stereocenters. The quantitative estimate of drug-likeness (QED) is 0.715. The van der Waals surface area contributed by atoms with Gasteiger partial charge in [-0.25, -0.2) is 4.68 Å². The molecule has 2 aromatic rings. The zero-order valence-electron chi connectivity index (χ0n) is 16.8. The van der Waals surface area contributed by atoms with E-state index in [9.17, 15) is 9.59 Å². The van der Waals surface area contributed by atoms with E-state index in [0.29, 0.717) is 24.3 Å². The molecule has 1 aliphatic heterocycles. The van der Waals surface area contributed by atoms with Crippen LogP contribution in [0.5, 0.6) is 0 Å². The lowest BCUT2D eigenvalue weighted by molar-refractivity contribution is -0.127. The molecule has 1 aliphatic carbocycles. The molecule has 4 rings (SSSR count). The summed E-state index contributed by atoms with van der Waals surface area (Å²) < 4.78 is 1.64. The minimum Gasteiger partial charge on any atom is -0.383 e. The highest BCUT2D eigenvalue weighted by atomic mass is 35.5. The van der Waals surface area contributed by atoms with Crippen LogP contribution in [0.1, 0.15) is 52.4 Å². The van der Waals surface area contributed by atoms with E-state index in [2.05, 4.69) is 12.6 Å². The van der Waals surface area contributed by atoms with Crippen LogP contribution in [0.4, 0.5) is 5.82 Å². The maximum absolute atomic E-state index is 12.2. The van der Waals surface area contributed by atoms with E-state index in [1.54, 1.807) is 9.58 Å². The molecule has 1 aromatic carbocycles. The number of aromatic nitrogens is 2. The maximum atomic E-state index is 12.2. The lowest BCUT2D eigenvalue weighted by Gasteiger charge is -2.25. The van der Waals surface area contributed by atoms with Crippen molar-refractivity contribution in [1.29, 1.82) is 0 Å². The molecule has 0 spiro atoms. The van der Waals surface area contributed by atoms with Crippen molar-refractivity contribution >= 4 is 29.2 Å². The number of nitrogens with zero attached hydrogens (tertiary/aromatic N) is 3. The standard InChI is InChI=1S/C22H26ClN5O2/c1-2-18(29)27-10-4-6-15(27)12-28-21(24)19(22(25)30)20(26-28)14-8-9-16-13(11-14)5-3-7-17(16)23/h2-3,5,7,14-15H,1,4,6,8-12,24H2,(H2,25,30)/t14-,15-/m0/s1. The summed E-state index contributed by atoms with van der Waals surface area (Å²) in [7, 11) is 0. The molecule has 2 atom stereocenters. The van der Waals surface area contributed by atoms with Gasteiger partial charge in [0.05, 0.1) is 18.3 Å². The first-order valence-electron chi connectivity index (χ1n) is 10.3. The van der Waals surface area contributed by atoms with Crippen LogP contribution < -0.4 is 11.5 Å². The zero-order chi connectivity index (χ0) is 21.4. The Hall–Kier alpha value is -2.80. The Morgan fingerprint density at radius 3 is 2.87 bits per heavy atom. The highest BCUT2D eigenvalue weighted by molar-refractivity contribution is 6.31. The number of nitrogen functional groups attached to an aromatic ring is 1. The fraction of sp³-hybridized carbons (Fsp3) is 0.409. The topological polar surface area (TPSA) is 107 Å². The molecule has 2 amide bonds. The number of primary amides is 1. The van der Waals surface area contributed by atoms with Crippen LogP contribution in [-0.2, 0) is 24.2 Å². The number of hydrogen-bond acceptors (Lipinski definition) is 4. The van der Waals surface area contributed by atoms with Gasteiger partial charge < -0.3 is 16.4 Å². The Labute approximate surface area is 180 Å². The number of benzene rings is 1. The largest absolute Gasteiger partial charge is 0.383 e. The van der Waals surface area contributed by atoms with Crippen molar-refractivity contribution in [1.82, 2.24) is 14.7 Å². The molecular weight excluding hydrogens is 402 g/mol. The van der Waals surface area contributed by atoms with Crippen molar-refractivity contribution in [2.24, 2.45) is 5.73 Å². The monoisotopic (exact) mass is 427 g/mol. The van der Waals surface area contributed by atoms with Gasteiger partial charge in [0.15, 0.2) is 0 Å². The first-order chi connectivity index (χ1) is 14.4. The van der Waals surface area contributed by atoms with Crippen LogP contribution in [0.2, 0.25) is 5.02 Å². The van der Waals surface area contributed by atoms with Gasteiger partial charge in [-0.05, 0) is 55.4 Å². The van der Waals surface area contributed by atoms with Crippen LogP contribution in [0.25, 0.3) is 0 Å². The number of rotatable bonds is 5. The molecule has 8 heteroatoms. The van der Waals surface area contributed by atoms with Gasteiger partial charge in [0.2, 0.25) is 5.91 Å². The summed E-state index contributed by atoms with van der Waals surface area (Å²) in [6.45, 7) is 4.70. The Balaban J connectivity index is 1.64. The summed E-state index contributed by atoms with van der Waals surface area (Å²) in [6.07, 6.45) is 5.47. The molecule has 4 N–H and O–H groups in total. The second kappa shape index (κ2) is 8.14. The van der Waals surface area contributed by atoms with Gasteiger partial charge in [-0.3, -0.25) is 9.59 Å². The first-order valence-corrected chi connectivity index (χ1v) is 10.6. The van der Waals surface area contributed by atoms with Crippen molar-refractivity contribution in [2.45, 2.75) is 50.6 Å². The molecule has 1 fully saturated rings. The number of fused-ring (bicyclic) bond motifs is 1. The van der Waals surface area contributed by atoms with Crippen LogP contribution in [0.3, 0.4) is 0 Å². The third-order valence-electron chi connectivity index (χ3n) is 6.30. The summed E-state index contributed by atoms with van der Waals surface area (Å²) in [5.41, 5.74) is 15.3. The average molecular weight is 428 g/mol. The molecule has 0 saturated carbocycles. The summed E-state index contributed by atoms with van der Waals surface area (Å²) in [6, 6.07) is 5.88. The van der Waals surface area contributed by atoms with Gasteiger partial charge >= 0.3 is 0 Å². The molecule has 1 saturated heterocycles. The van der Waals surface area contributed by atoms with Gasteiger partial charge in [-0.15, -0.1) is 0 Å². The van der Waals surface area contributed by atoms with E-state index in [4.69, 9.17) is 28.2 Å². The van der Waals surface area contributed by atoms with Crippen molar-refractivity contribution in [3.8, 4) is 0 Å². The third kappa shape index (κ3) is 3.58. The van der Waals surface area contributed by atoms with Crippen molar-refractivity contribution in [3.63, 3.8) is 0 Å². The van der Waals surface area contributed by atoms with E-state index in [1.165, 1.54) is 11.6 Å². The summed E-state index contributed by atoms with van der Waals surface area (Å²) >= 11 is 6.34. The van der Waals surface area contributed by atoms with E-state index >= 15 is 0 Å². The van der Waals surface area contributed by atoms with E-state index < -0.39 is 5.91 Å². The minimum absolute atomic E-state index is 0.0304. The van der Waals surface area contributed by atoms with Crippen LogP contribution in [-0.4, -0.2) is 39.1 Å². The zero-order valence-corrected chi connectivity index (χ0v) is 17.6. The number of carbonyl (C=O) groups is 2. The molecular formula is C22H26ClN5O2. The minimum atomic E-state index is -0.573. The summed E-state index contributed by atoms with van der Waals surface area (Å²) in [5.74, 6) is -0.362. The molecule has 30 heavy (non-hydrogen) atoms. The second-order valence-corrected chi connectivity index (χ2v) is 8.45. The van der Waals surface area contributed by atoms with Gasteiger partial charge in [-0.2, -0.15) is 5.10 Å². The second-order valence-electron chi connectivity index (χ2n) is 8.04. The highest BCUT2D eigenvalue weighted by Gasteiger charge is 2.33.